The molecule has 1 N–H and O–H groups in total. The quantitative estimate of drug-likeness (QED) is 0.527. The Hall–Kier alpha value is -3.20. The second kappa shape index (κ2) is 8.74. The number of hydrogen-bond donors (Lipinski definition) is 1. The molecule has 0 saturated carbocycles. The van der Waals surface area contributed by atoms with E-state index >= 15 is 0 Å². The predicted octanol–water partition coefficient (Wildman–Crippen LogP) is 5.79. The highest BCUT2D eigenvalue weighted by molar-refractivity contribution is 7.05. The molecule has 0 radical (unpaired) electrons. The lowest BCUT2D eigenvalue weighted by atomic mass is 9.80. The molecule has 5 nitrogen and oxygen atoms in total. The lowest BCUT2D eigenvalue weighted by Gasteiger charge is -2.28. The highest BCUT2D eigenvalue weighted by atomic mass is 32.1. The molecule has 1 fully saturated rings. The van der Waals surface area contributed by atoms with Gasteiger partial charge in [-0.05, 0) is 53.7 Å². The second-order valence-corrected chi connectivity index (χ2v) is 8.53. The van der Waals surface area contributed by atoms with E-state index in [4.69, 9.17) is 0 Å². The van der Waals surface area contributed by atoms with Crippen LogP contribution in [0.15, 0.2) is 49.3 Å². The molecule has 32 heavy (non-hydrogen) atoms. The smallest absolute Gasteiger partial charge is 0.321 e. The number of urea groups is 1. The SMILES string of the molecule is C=Cc1ccc(C(F)F)cc1NC(=O)N1CC[C@](c2ccc(C)c(F)c2)(c2ncns2)C1. The summed E-state index contributed by atoms with van der Waals surface area (Å²) >= 11 is 1.21. The van der Waals surface area contributed by atoms with Crippen LogP contribution < -0.4 is 5.32 Å². The molecule has 0 bridgehead atoms. The molecule has 4 rings (SSSR count). The molecule has 2 heterocycles. The van der Waals surface area contributed by atoms with E-state index < -0.39 is 17.9 Å². The molecule has 3 aromatic rings. The van der Waals surface area contributed by atoms with Crippen molar-refractivity contribution in [1.29, 1.82) is 0 Å². The Bertz CT molecular complexity index is 1150. The summed E-state index contributed by atoms with van der Waals surface area (Å²) in [7, 11) is 0. The first-order valence-corrected chi connectivity index (χ1v) is 10.8. The number of benzene rings is 2. The van der Waals surface area contributed by atoms with Crippen LogP contribution in [0.4, 0.5) is 23.7 Å². The third-order valence-electron chi connectivity index (χ3n) is 5.84. The van der Waals surface area contributed by atoms with Crippen LogP contribution in [0.2, 0.25) is 0 Å². The number of carbonyl (C=O) groups excluding carboxylic acids is 1. The van der Waals surface area contributed by atoms with Crippen LogP contribution >= 0.6 is 11.5 Å². The van der Waals surface area contributed by atoms with E-state index in [1.54, 1.807) is 17.9 Å². The molecular weight excluding hydrogens is 437 g/mol. The number of nitrogens with one attached hydrogen (secondary N) is 1. The number of anilines is 1. The molecule has 9 heteroatoms. The molecule has 1 atom stereocenters. The summed E-state index contributed by atoms with van der Waals surface area (Å²) in [5, 5.41) is 3.43. The second-order valence-electron chi connectivity index (χ2n) is 7.75. The molecule has 166 valence electrons. The van der Waals surface area contributed by atoms with E-state index in [0.717, 1.165) is 5.56 Å². The molecular formula is C23H21F3N4OS. The van der Waals surface area contributed by atoms with Crippen molar-refractivity contribution in [2.75, 3.05) is 18.4 Å². The first-order valence-electron chi connectivity index (χ1n) is 9.98. The van der Waals surface area contributed by atoms with Gasteiger partial charge in [-0.15, -0.1) is 0 Å². The van der Waals surface area contributed by atoms with Gasteiger partial charge in [0.15, 0.2) is 0 Å². The van der Waals surface area contributed by atoms with Gasteiger partial charge in [0.25, 0.3) is 6.43 Å². The number of aryl methyl sites for hydroxylation is 1. The van der Waals surface area contributed by atoms with Crippen LogP contribution in [0.25, 0.3) is 6.08 Å². The van der Waals surface area contributed by atoms with Crippen LogP contribution in [0.3, 0.4) is 0 Å². The van der Waals surface area contributed by atoms with Gasteiger partial charge in [-0.25, -0.2) is 22.9 Å². The van der Waals surface area contributed by atoms with E-state index in [1.807, 2.05) is 6.07 Å². The highest BCUT2D eigenvalue weighted by Gasteiger charge is 2.45. The largest absolute Gasteiger partial charge is 0.323 e. The van der Waals surface area contributed by atoms with Crippen molar-refractivity contribution in [3.8, 4) is 0 Å². The number of hydrogen-bond acceptors (Lipinski definition) is 4. The molecule has 0 spiro atoms. The number of alkyl halides is 2. The lowest BCUT2D eigenvalue weighted by Crippen LogP contribution is -2.37. The zero-order chi connectivity index (χ0) is 22.9. The van der Waals surface area contributed by atoms with Crippen LogP contribution in [0, 0.1) is 12.7 Å². The van der Waals surface area contributed by atoms with Gasteiger partial charge < -0.3 is 10.2 Å². The maximum Gasteiger partial charge on any atom is 0.321 e. The molecule has 1 saturated heterocycles. The van der Waals surface area contributed by atoms with Gasteiger partial charge in [0, 0.05) is 18.7 Å². The standard InChI is InChI=1S/C23H21F3N4OS/c1-3-15-5-6-16(20(25)26)10-19(15)29-22(31)30-9-8-23(12-30,21-27-13-28-32-21)17-7-4-14(2)18(24)11-17/h3-7,10-11,13,20H,1,8-9,12H2,2H3,(H,29,31)/t23-/m0/s1. The Kier molecular flexibility index (Phi) is 6.01. The molecule has 0 aliphatic carbocycles. The van der Waals surface area contributed by atoms with Gasteiger partial charge in [-0.2, -0.15) is 4.37 Å². The third kappa shape index (κ3) is 4.00. The maximum atomic E-state index is 14.4. The normalized spacial score (nSPS) is 18.2. The Morgan fingerprint density at radius 2 is 2.12 bits per heavy atom. The molecule has 1 aromatic heterocycles. The molecule has 2 aromatic carbocycles. The van der Waals surface area contributed by atoms with Crippen molar-refractivity contribution in [1.82, 2.24) is 14.3 Å². The molecule has 1 aliphatic heterocycles. The summed E-state index contributed by atoms with van der Waals surface area (Å²) in [6.45, 7) is 6.02. The first kappa shape index (κ1) is 22.0. The zero-order valence-electron chi connectivity index (χ0n) is 17.3. The fraction of sp³-hybridized carbons (Fsp3) is 0.261. The van der Waals surface area contributed by atoms with E-state index in [0.29, 0.717) is 29.1 Å². The summed E-state index contributed by atoms with van der Waals surface area (Å²) in [4.78, 5) is 19.0. The summed E-state index contributed by atoms with van der Waals surface area (Å²) in [6, 6.07) is 8.67. The zero-order valence-corrected chi connectivity index (χ0v) is 18.1. The van der Waals surface area contributed by atoms with Gasteiger partial charge in [0.2, 0.25) is 0 Å². The van der Waals surface area contributed by atoms with Crippen LogP contribution in [0.5, 0.6) is 0 Å². The Balaban J connectivity index is 1.63. The number of nitrogens with zero attached hydrogens (tertiary/aromatic N) is 3. The van der Waals surface area contributed by atoms with Gasteiger partial charge >= 0.3 is 6.03 Å². The van der Waals surface area contributed by atoms with Gasteiger partial charge in [-0.3, -0.25) is 0 Å². The predicted molar refractivity (Wildman–Crippen MR) is 119 cm³/mol. The van der Waals surface area contributed by atoms with E-state index in [1.165, 1.54) is 48.2 Å². The number of likely N-dealkylation sites (tertiary alicyclic amines) is 1. The van der Waals surface area contributed by atoms with E-state index in [9.17, 15) is 18.0 Å². The molecule has 0 unspecified atom stereocenters. The van der Waals surface area contributed by atoms with Crippen molar-refractivity contribution in [3.63, 3.8) is 0 Å². The number of aromatic nitrogens is 2. The summed E-state index contributed by atoms with van der Waals surface area (Å²) in [6.07, 6.45) is 0.818. The third-order valence-corrected chi connectivity index (χ3v) is 6.71. The fourth-order valence-corrected chi connectivity index (χ4v) is 4.73. The highest BCUT2D eigenvalue weighted by Crippen LogP contribution is 2.42. The van der Waals surface area contributed by atoms with E-state index in [2.05, 4.69) is 21.3 Å². The summed E-state index contributed by atoms with van der Waals surface area (Å²) in [5.41, 5.74) is 1.17. The van der Waals surface area contributed by atoms with Crippen molar-refractivity contribution in [3.05, 3.63) is 82.4 Å². The molecule has 2 amide bonds. The number of amides is 2. The minimum atomic E-state index is -2.65. The average molecular weight is 459 g/mol. The summed E-state index contributed by atoms with van der Waals surface area (Å²) < 4.78 is 44.8. The van der Waals surface area contributed by atoms with Crippen molar-refractivity contribution < 1.29 is 18.0 Å². The number of rotatable bonds is 5. The minimum Gasteiger partial charge on any atom is -0.323 e. The fourth-order valence-electron chi connectivity index (χ4n) is 3.98. The van der Waals surface area contributed by atoms with E-state index in [-0.39, 0.29) is 23.6 Å². The maximum absolute atomic E-state index is 14.4. The minimum absolute atomic E-state index is 0.189. The average Bonchev–Trinajstić information content (AvgIpc) is 3.46. The van der Waals surface area contributed by atoms with Gasteiger partial charge in [-0.1, -0.05) is 36.9 Å². The molecule has 1 aliphatic rings. The van der Waals surface area contributed by atoms with Crippen molar-refractivity contribution in [2.24, 2.45) is 0 Å². The van der Waals surface area contributed by atoms with Crippen molar-refractivity contribution in [2.45, 2.75) is 25.2 Å². The lowest BCUT2D eigenvalue weighted by molar-refractivity contribution is 0.151. The van der Waals surface area contributed by atoms with Crippen LogP contribution in [-0.2, 0) is 5.41 Å². The van der Waals surface area contributed by atoms with Crippen LogP contribution in [-0.4, -0.2) is 33.4 Å². The number of carbonyl (C=O) groups is 1. The monoisotopic (exact) mass is 458 g/mol. The van der Waals surface area contributed by atoms with Gasteiger partial charge in [0.05, 0.1) is 11.1 Å². The van der Waals surface area contributed by atoms with Crippen LogP contribution in [0.1, 0.15) is 40.1 Å². The number of halogens is 3. The topological polar surface area (TPSA) is 58.1 Å². The van der Waals surface area contributed by atoms with Gasteiger partial charge in [0.1, 0.15) is 17.2 Å². The Labute approximate surface area is 187 Å². The Morgan fingerprint density at radius 3 is 2.78 bits per heavy atom. The Morgan fingerprint density at radius 1 is 1.31 bits per heavy atom. The summed E-state index contributed by atoms with van der Waals surface area (Å²) in [5.74, 6) is -0.325. The van der Waals surface area contributed by atoms with Crippen molar-refractivity contribution >= 4 is 29.3 Å². The first-order chi connectivity index (χ1) is 15.3.